The second kappa shape index (κ2) is 5.26. The first kappa shape index (κ1) is 11.3. The Morgan fingerprint density at radius 2 is 2.18 bits per heavy atom. The number of amidine groups is 1. The van der Waals surface area contributed by atoms with Gasteiger partial charge in [-0.05, 0) is 23.9 Å². The van der Waals surface area contributed by atoms with E-state index in [0.29, 0.717) is 15.6 Å². The monoisotopic (exact) mass is 247 g/mol. The Labute approximate surface area is 102 Å². The van der Waals surface area contributed by atoms with E-state index < -0.39 is 0 Å². The van der Waals surface area contributed by atoms with Gasteiger partial charge in [-0.2, -0.15) is 0 Å². The molecule has 0 bridgehead atoms. The molecule has 0 atom stereocenters. The van der Waals surface area contributed by atoms with Gasteiger partial charge in [0.2, 0.25) is 0 Å². The Morgan fingerprint density at radius 1 is 1.29 bits per heavy atom. The number of nitrogens with two attached hydrogens (primary N) is 1. The topological polar surface area (TPSA) is 97.3 Å². The number of hydrogen-bond donors (Lipinski definition) is 2. The molecule has 3 N–H and O–H groups in total. The molecule has 0 amide bonds. The summed E-state index contributed by atoms with van der Waals surface area (Å²) in [6.45, 7) is 0. The molecule has 17 heavy (non-hydrogen) atoms. The molecule has 0 unspecified atom stereocenters. The minimum absolute atomic E-state index is 0.0180. The minimum Gasteiger partial charge on any atom is -0.409 e. The van der Waals surface area contributed by atoms with E-state index >= 15 is 0 Å². The van der Waals surface area contributed by atoms with Crippen LogP contribution in [0.25, 0.3) is 0 Å². The lowest BCUT2D eigenvalue weighted by molar-refractivity contribution is 0.318. The lowest BCUT2D eigenvalue weighted by atomic mass is 10.3. The summed E-state index contributed by atoms with van der Waals surface area (Å²) >= 11 is 1.30. The lowest BCUT2D eigenvalue weighted by Crippen LogP contribution is -2.14. The fraction of sp³-hybridized carbons (Fsp3) is 0. The Balaban J connectivity index is 2.33. The van der Waals surface area contributed by atoms with E-state index in [1.807, 2.05) is 0 Å². The number of rotatable bonds is 3. The third-order valence-corrected chi connectivity index (χ3v) is 2.83. The van der Waals surface area contributed by atoms with Crippen LogP contribution >= 0.6 is 11.8 Å². The SMILES string of the molecule is NC(=NO)c1cccnc1Sc1cnccn1. The van der Waals surface area contributed by atoms with E-state index in [9.17, 15) is 0 Å². The number of oxime groups is 1. The molecule has 0 saturated carbocycles. The molecule has 0 fully saturated rings. The van der Waals surface area contributed by atoms with Gasteiger partial charge in [-0.15, -0.1) is 0 Å². The molecule has 2 rings (SSSR count). The summed E-state index contributed by atoms with van der Waals surface area (Å²) in [6.07, 6.45) is 6.43. The van der Waals surface area contributed by atoms with Crippen molar-refractivity contribution in [2.24, 2.45) is 10.9 Å². The van der Waals surface area contributed by atoms with Gasteiger partial charge in [0.1, 0.15) is 10.1 Å². The molecule has 0 aliphatic carbocycles. The zero-order valence-corrected chi connectivity index (χ0v) is 9.50. The van der Waals surface area contributed by atoms with Crippen molar-refractivity contribution < 1.29 is 5.21 Å². The van der Waals surface area contributed by atoms with Crippen molar-refractivity contribution in [2.45, 2.75) is 10.1 Å². The summed E-state index contributed by atoms with van der Waals surface area (Å²) in [5.41, 5.74) is 6.12. The van der Waals surface area contributed by atoms with Crippen molar-refractivity contribution in [3.63, 3.8) is 0 Å². The van der Waals surface area contributed by atoms with Crippen LogP contribution in [0.4, 0.5) is 0 Å². The first-order valence-corrected chi connectivity index (χ1v) is 5.49. The van der Waals surface area contributed by atoms with Gasteiger partial charge in [-0.1, -0.05) is 5.16 Å². The average molecular weight is 247 g/mol. The van der Waals surface area contributed by atoms with Gasteiger partial charge in [0.25, 0.3) is 0 Å². The second-order valence-corrected chi connectivity index (χ2v) is 4.00. The first-order valence-electron chi connectivity index (χ1n) is 4.68. The van der Waals surface area contributed by atoms with Crippen molar-refractivity contribution in [1.82, 2.24) is 15.0 Å². The molecular formula is C10H9N5OS. The van der Waals surface area contributed by atoms with Crippen LogP contribution < -0.4 is 5.73 Å². The molecule has 86 valence electrons. The number of nitrogens with zero attached hydrogens (tertiary/aromatic N) is 4. The van der Waals surface area contributed by atoms with E-state index in [4.69, 9.17) is 10.9 Å². The third kappa shape index (κ3) is 2.70. The average Bonchev–Trinajstić information content (AvgIpc) is 2.40. The van der Waals surface area contributed by atoms with Gasteiger partial charge >= 0.3 is 0 Å². The minimum atomic E-state index is 0.0180. The summed E-state index contributed by atoms with van der Waals surface area (Å²) in [7, 11) is 0. The van der Waals surface area contributed by atoms with Crippen LogP contribution in [-0.2, 0) is 0 Å². The quantitative estimate of drug-likeness (QED) is 0.365. The van der Waals surface area contributed by atoms with Crippen LogP contribution in [0.2, 0.25) is 0 Å². The highest BCUT2D eigenvalue weighted by atomic mass is 32.2. The molecule has 0 aliphatic rings. The zero-order chi connectivity index (χ0) is 12.1. The smallest absolute Gasteiger partial charge is 0.172 e. The van der Waals surface area contributed by atoms with E-state index in [1.54, 1.807) is 36.9 Å². The largest absolute Gasteiger partial charge is 0.409 e. The highest BCUT2D eigenvalue weighted by molar-refractivity contribution is 7.99. The molecule has 7 heteroatoms. The first-order chi connectivity index (χ1) is 8.31. The van der Waals surface area contributed by atoms with Crippen LogP contribution in [0, 0.1) is 0 Å². The third-order valence-electron chi connectivity index (χ3n) is 1.90. The highest BCUT2D eigenvalue weighted by Crippen LogP contribution is 2.25. The predicted octanol–water partition coefficient (Wildman–Crippen LogP) is 1.12. The summed E-state index contributed by atoms with van der Waals surface area (Å²) in [5.74, 6) is 0.0180. The van der Waals surface area contributed by atoms with Crippen molar-refractivity contribution in [2.75, 3.05) is 0 Å². The van der Waals surface area contributed by atoms with E-state index in [-0.39, 0.29) is 5.84 Å². The Kier molecular flexibility index (Phi) is 3.51. The van der Waals surface area contributed by atoms with E-state index in [0.717, 1.165) is 0 Å². The van der Waals surface area contributed by atoms with Crippen molar-refractivity contribution >= 4 is 17.6 Å². The van der Waals surface area contributed by atoms with Crippen LogP contribution in [-0.4, -0.2) is 26.0 Å². The van der Waals surface area contributed by atoms with Gasteiger partial charge in [0, 0.05) is 18.6 Å². The Hall–Kier alpha value is -2.15. The Morgan fingerprint density at radius 3 is 2.88 bits per heavy atom. The maximum absolute atomic E-state index is 8.68. The van der Waals surface area contributed by atoms with E-state index in [1.165, 1.54) is 11.8 Å². The van der Waals surface area contributed by atoms with Gasteiger partial charge in [-0.25, -0.2) is 9.97 Å². The standard InChI is InChI=1S/C10H9N5OS/c11-9(15-16)7-2-1-3-14-10(7)17-8-6-12-4-5-13-8/h1-6,16H,(H2,11,15). The maximum atomic E-state index is 8.68. The molecular weight excluding hydrogens is 238 g/mol. The Bertz CT molecular complexity index is 531. The molecule has 6 nitrogen and oxygen atoms in total. The van der Waals surface area contributed by atoms with Gasteiger partial charge < -0.3 is 10.9 Å². The summed E-state index contributed by atoms with van der Waals surface area (Å²) < 4.78 is 0. The second-order valence-electron chi connectivity index (χ2n) is 2.99. The van der Waals surface area contributed by atoms with Crippen molar-refractivity contribution in [3.05, 3.63) is 42.5 Å². The fourth-order valence-electron chi connectivity index (χ4n) is 1.16. The summed E-state index contributed by atoms with van der Waals surface area (Å²) in [4.78, 5) is 12.2. The van der Waals surface area contributed by atoms with Crippen LogP contribution in [0.3, 0.4) is 0 Å². The van der Waals surface area contributed by atoms with Crippen LogP contribution in [0.1, 0.15) is 5.56 Å². The molecule has 2 aromatic rings. The van der Waals surface area contributed by atoms with Gasteiger partial charge in [0.05, 0.1) is 11.8 Å². The van der Waals surface area contributed by atoms with Crippen molar-refractivity contribution in [1.29, 1.82) is 0 Å². The fourth-order valence-corrected chi connectivity index (χ4v) is 1.98. The van der Waals surface area contributed by atoms with Gasteiger partial charge in [-0.3, -0.25) is 4.98 Å². The molecule has 2 heterocycles. The maximum Gasteiger partial charge on any atom is 0.172 e. The normalized spacial score (nSPS) is 11.4. The zero-order valence-electron chi connectivity index (χ0n) is 8.69. The molecule has 0 spiro atoms. The predicted molar refractivity (Wildman–Crippen MR) is 62.9 cm³/mol. The number of hydrogen-bond acceptors (Lipinski definition) is 6. The highest BCUT2D eigenvalue weighted by Gasteiger charge is 2.09. The molecule has 0 radical (unpaired) electrons. The van der Waals surface area contributed by atoms with Crippen LogP contribution in [0.5, 0.6) is 0 Å². The summed E-state index contributed by atoms with van der Waals surface area (Å²) in [6, 6.07) is 3.44. The molecule has 2 aromatic heterocycles. The lowest BCUT2D eigenvalue weighted by Gasteiger charge is -2.05. The molecule has 0 aliphatic heterocycles. The van der Waals surface area contributed by atoms with Gasteiger partial charge in [0.15, 0.2) is 5.84 Å². The number of pyridine rings is 1. The molecule has 0 aromatic carbocycles. The van der Waals surface area contributed by atoms with Crippen molar-refractivity contribution in [3.8, 4) is 0 Å². The summed E-state index contributed by atoms with van der Waals surface area (Å²) in [5, 5.41) is 12.9. The van der Waals surface area contributed by atoms with Crippen LogP contribution in [0.15, 0.2) is 52.1 Å². The van der Waals surface area contributed by atoms with E-state index in [2.05, 4.69) is 20.1 Å². The number of aromatic nitrogens is 3. The molecule has 0 saturated heterocycles.